The normalized spacial score (nSPS) is 27.1. The van der Waals surface area contributed by atoms with Crippen molar-refractivity contribution in [2.24, 2.45) is 0 Å². The fourth-order valence-corrected chi connectivity index (χ4v) is 16.3. The van der Waals surface area contributed by atoms with Gasteiger partial charge in [0.25, 0.3) is 0 Å². The fraction of sp³-hybridized carbons (Fsp3) is 0.900. The Labute approximate surface area is 134 Å². The first kappa shape index (κ1) is 16.2. The molecule has 0 aromatic rings. The van der Waals surface area contributed by atoms with Crippen LogP contribution in [0.4, 0.5) is 0 Å². The van der Waals surface area contributed by atoms with E-state index >= 15 is 0 Å². The fourth-order valence-electron chi connectivity index (χ4n) is 2.14. The predicted molar refractivity (Wildman–Crippen MR) is 90.2 cm³/mol. The van der Waals surface area contributed by atoms with Gasteiger partial charge < -0.3 is 0 Å². The average Bonchev–Trinajstić information content (AvgIpc) is 2.62. The van der Waals surface area contributed by atoms with Gasteiger partial charge in [0, 0.05) is 0 Å². The molecule has 0 amide bonds. The van der Waals surface area contributed by atoms with Crippen molar-refractivity contribution >= 4 is 42.9 Å². The molecule has 0 aromatic carbocycles. The van der Waals surface area contributed by atoms with Crippen molar-refractivity contribution in [2.45, 2.75) is 18.9 Å². The first-order valence-electron chi connectivity index (χ1n) is 5.96. The van der Waals surface area contributed by atoms with Crippen molar-refractivity contribution in [3.05, 3.63) is 0 Å². The molecule has 0 radical (unpaired) electrons. The summed E-state index contributed by atoms with van der Waals surface area (Å²) in [6.45, 7) is 3.42. The van der Waals surface area contributed by atoms with Crippen molar-refractivity contribution in [2.75, 3.05) is 40.9 Å². The van der Waals surface area contributed by atoms with Crippen LogP contribution in [0.15, 0.2) is 0 Å². The number of hydrazine groups is 1. The van der Waals surface area contributed by atoms with Crippen molar-refractivity contribution in [3.63, 3.8) is 0 Å². The Morgan fingerprint density at radius 1 is 1.22 bits per heavy atom. The van der Waals surface area contributed by atoms with Crippen LogP contribution in [0.25, 0.3) is 0 Å². The number of hydrogen-bond donors (Lipinski definition) is 2. The molecule has 5 nitrogen and oxygen atoms in total. The summed E-state index contributed by atoms with van der Waals surface area (Å²) in [6.07, 6.45) is 2.56. The second kappa shape index (κ2) is 6.72. The summed E-state index contributed by atoms with van der Waals surface area (Å²) in [6, 6.07) is 0.695. The molecule has 2 rings (SSSR count). The van der Waals surface area contributed by atoms with Crippen molar-refractivity contribution < 1.29 is 8.49 Å². The van der Waals surface area contributed by atoms with Crippen LogP contribution in [0.2, 0.25) is 0 Å². The van der Waals surface area contributed by atoms with Gasteiger partial charge in [0.2, 0.25) is 0 Å². The average molecular weight is 661 g/mol. The van der Waals surface area contributed by atoms with Gasteiger partial charge >= 0.3 is 135 Å². The maximum atomic E-state index is 3.97. The molecule has 2 N–H and O–H groups in total. The number of likely N-dealkylation sites (tertiary alicyclic amines) is 1. The SMILES string of the molecule is CN1CCC([NH][Pt]([I])([I])=[C]2NN(C)CN2C)CC1. The van der Waals surface area contributed by atoms with E-state index < -0.39 is 8.49 Å². The molecule has 2 fully saturated rings. The Kier molecular flexibility index (Phi) is 6.05. The third-order valence-corrected chi connectivity index (χ3v) is 15.9. The molecule has 0 unspecified atom stereocenters. The molecular weight excluding hydrogens is 639 g/mol. The molecule has 2 saturated heterocycles. The van der Waals surface area contributed by atoms with Crippen LogP contribution in [-0.4, -0.2) is 65.9 Å². The van der Waals surface area contributed by atoms with Gasteiger partial charge in [-0.25, -0.2) is 0 Å². The van der Waals surface area contributed by atoms with Crippen LogP contribution in [-0.2, 0) is 8.49 Å². The Balaban J connectivity index is 2.04. The number of nitrogens with one attached hydrogen (secondary N) is 2. The summed E-state index contributed by atoms with van der Waals surface area (Å²) in [7, 11) is 4.40. The molecule has 0 bridgehead atoms. The third-order valence-electron chi connectivity index (χ3n) is 3.16. The summed E-state index contributed by atoms with van der Waals surface area (Å²) >= 11 is 5.37. The van der Waals surface area contributed by atoms with E-state index in [2.05, 4.69) is 84.0 Å². The van der Waals surface area contributed by atoms with Crippen LogP contribution >= 0.6 is 38.7 Å². The van der Waals surface area contributed by atoms with Gasteiger partial charge in [-0.2, -0.15) is 0 Å². The van der Waals surface area contributed by atoms with Crippen LogP contribution in [0, 0.1) is 0 Å². The zero-order valence-electron chi connectivity index (χ0n) is 11.0. The van der Waals surface area contributed by atoms with E-state index in [1.165, 1.54) is 30.1 Å². The molecule has 0 spiro atoms. The number of nitrogens with zero attached hydrogens (tertiary/aromatic N) is 3. The van der Waals surface area contributed by atoms with Crippen LogP contribution in [0.5, 0.6) is 0 Å². The molecule has 0 atom stereocenters. The Hall–Kier alpha value is 1.82. The molecular formula is C10H22I2N5Pt. The molecule has 0 saturated carbocycles. The van der Waals surface area contributed by atoms with E-state index in [0.717, 1.165) is 6.67 Å². The second-order valence-electron chi connectivity index (χ2n) is 4.94. The van der Waals surface area contributed by atoms with E-state index in [4.69, 9.17) is 0 Å². The monoisotopic (exact) mass is 661 g/mol. The van der Waals surface area contributed by atoms with Gasteiger partial charge in [0.05, 0.1) is 0 Å². The molecule has 0 aliphatic carbocycles. The van der Waals surface area contributed by atoms with Crippen molar-refractivity contribution in [1.82, 2.24) is 24.1 Å². The first-order chi connectivity index (χ1) is 8.38. The molecule has 0 aromatic heterocycles. The Morgan fingerprint density at radius 2 is 1.83 bits per heavy atom. The molecule has 2 aliphatic heterocycles. The van der Waals surface area contributed by atoms with E-state index in [-0.39, 0.29) is 0 Å². The third kappa shape index (κ3) is 4.16. The topological polar surface area (TPSA) is 33.8 Å². The molecule has 18 heavy (non-hydrogen) atoms. The number of rotatable bonds is 2. The van der Waals surface area contributed by atoms with Crippen molar-refractivity contribution in [1.29, 1.82) is 0 Å². The quantitative estimate of drug-likeness (QED) is 0.430. The van der Waals surface area contributed by atoms with E-state index in [0.29, 0.717) is 6.04 Å². The van der Waals surface area contributed by atoms with Crippen LogP contribution < -0.4 is 9.30 Å². The van der Waals surface area contributed by atoms with Gasteiger partial charge in [-0.15, -0.1) is 0 Å². The molecule has 2 aliphatic rings. The summed E-state index contributed by atoms with van der Waals surface area (Å²) in [4.78, 5) is 4.77. The molecule has 111 valence electrons. The zero-order chi connectivity index (χ0) is 13.3. The van der Waals surface area contributed by atoms with Crippen LogP contribution in [0.1, 0.15) is 12.8 Å². The Bertz CT molecular complexity index is 350. The number of piperidine rings is 1. The summed E-state index contributed by atoms with van der Waals surface area (Å²) in [5, 5.41) is 2.15. The van der Waals surface area contributed by atoms with Gasteiger partial charge in [0.15, 0.2) is 0 Å². The zero-order valence-corrected chi connectivity index (χ0v) is 17.6. The van der Waals surface area contributed by atoms with Gasteiger partial charge in [0.1, 0.15) is 0 Å². The second-order valence-corrected chi connectivity index (χ2v) is 36.7. The van der Waals surface area contributed by atoms with Gasteiger partial charge in [-0.05, 0) is 0 Å². The van der Waals surface area contributed by atoms with E-state index in [1.54, 1.807) is 0 Å². The van der Waals surface area contributed by atoms with Gasteiger partial charge in [-0.3, -0.25) is 0 Å². The summed E-state index contributed by atoms with van der Waals surface area (Å²) in [5.74, 6) is 0. The Morgan fingerprint density at radius 3 is 2.33 bits per heavy atom. The minimum absolute atomic E-state index is 0.695. The predicted octanol–water partition coefficient (Wildman–Crippen LogP) is 0.866. The summed E-state index contributed by atoms with van der Waals surface area (Å²) in [5.41, 5.74) is 3.51. The standard InChI is InChI=1S/C6H13N2.C4H9N3.2HI.Pt/c1-8-4-2-6(7)3-5-8;1-6-3-5-7(2)4-6;;;/h6-7H,2-5H2,1H3;5H,4H2,1-2H3;2*1H;/q-1;;;;+3/p-2. The molecule has 8 heteroatoms. The summed E-state index contributed by atoms with van der Waals surface area (Å²) < 4.78 is 5.39. The van der Waals surface area contributed by atoms with E-state index in [9.17, 15) is 0 Å². The number of halogens is 2. The first-order valence-corrected chi connectivity index (χ1v) is 21.1. The van der Waals surface area contributed by atoms with Gasteiger partial charge in [-0.1, -0.05) is 0 Å². The minimum atomic E-state index is -2.09. The van der Waals surface area contributed by atoms with Crippen LogP contribution in [0.3, 0.4) is 0 Å². The van der Waals surface area contributed by atoms with Crippen molar-refractivity contribution in [3.8, 4) is 0 Å². The number of hydrogen-bond acceptors (Lipinski definition) is 5. The maximum absolute atomic E-state index is 3.97. The molecule has 2 heterocycles. The van der Waals surface area contributed by atoms with E-state index in [1.807, 2.05) is 0 Å².